The van der Waals surface area contributed by atoms with Crippen molar-refractivity contribution in [3.05, 3.63) is 58.6 Å². The quantitative estimate of drug-likeness (QED) is 0.851. The average Bonchev–Trinajstić information content (AvgIpc) is 2.94. The average molecular weight is 294 g/mol. The molecule has 1 aromatic carbocycles. The Labute approximate surface area is 120 Å². The molecule has 104 valence electrons. The molecule has 2 rings (SSSR count). The highest BCUT2D eigenvalue weighted by molar-refractivity contribution is 6.30. The number of aromatic amines is 1. The van der Waals surface area contributed by atoms with Crippen LogP contribution >= 0.6 is 11.6 Å². The number of hydrogen-bond acceptors (Lipinski definition) is 2. The molecule has 0 aliphatic rings. The minimum absolute atomic E-state index is 0.0272. The van der Waals surface area contributed by atoms with Gasteiger partial charge < -0.3 is 5.32 Å². The Morgan fingerprint density at radius 1 is 1.55 bits per heavy atom. The largest absolute Gasteiger partial charge is 0.346 e. The van der Waals surface area contributed by atoms with Gasteiger partial charge in [-0.05, 0) is 30.7 Å². The minimum atomic E-state index is -0.484. The molecule has 4 nitrogen and oxygen atoms in total. The van der Waals surface area contributed by atoms with E-state index in [1.54, 1.807) is 24.5 Å². The SMILES string of the molecule is CC(NC(=O)/C=C/c1ccc(F)c(Cl)c1)c1cn[nH]c1. The first-order chi connectivity index (χ1) is 9.56. The maximum absolute atomic E-state index is 13.0. The summed E-state index contributed by atoms with van der Waals surface area (Å²) in [6.07, 6.45) is 6.31. The normalized spacial score (nSPS) is 12.6. The fourth-order valence-corrected chi connectivity index (χ4v) is 1.82. The number of nitrogens with one attached hydrogen (secondary N) is 2. The van der Waals surface area contributed by atoms with E-state index in [4.69, 9.17) is 11.6 Å². The zero-order valence-electron chi connectivity index (χ0n) is 10.7. The molecule has 1 atom stereocenters. The molecule has 20 heavy (non-hydrogen) atoms. The molecule has 0 bridgehead atoms. The first kappa shape index (κ1) is 14.3. The maximum atomic E-state index is 13.0. The van der Waals surface area contributed by atoms with Gasteiger partial charge in [0.15, 0.2) is 0 Å². The van der Waals surface area contributed by atoms with Crippen molar-refractivity contribution in [3.63, 3.8) is 0 Å². The van der Waals surface area contributed by atoms with Crippen LogP contribution in [0.5, 0.6) is 0 Å². The lowest BCUT2D eigenvalue weighted by Crippen LogP contribution is -2.24. The Balaban J connectivity index is 1.97. The summed E-state index contributed by atoms with van der Waals surface area (Å²) >= 11 is 5.66. The van der Waals surface area contributed by atoms with Gasteiger partial charge >= 0.3 is 0 Å². The molecule has 0 radical (unpaired) electrons. The van der Waals surface area contributed by atoms with Crippen molar-refractivity contribution in [1.82, 2.24) is 15.5 Å². The van der Waals surface area contributed by atoms with Crippen molar-refractivity contribution in [2.24, 2.45) is 0 Å². The van der Waals surface area contributed by atoms with E-state index in [0.29, 0.717) is 5.56 Å². The number of benzene rings is 1. The molecule has 1 unspecified atom stereocenters. The third kappa shape index (κ3) is 3.68. The number of aromatic nitrogens is 2. The van der Waals surface area contributed by atoms with Crippen molar-refractivity contribution in [3.8, 4) is 0 Å². The van der Waals surface area contributed by atoms with E-state index in [2.05, 4.69) is 15.5 Å². The smallest absolute Gasteiger partial charge is 0.244 e. The van der Waals surface area contributed by atoms with Gasteiger partial charge in [-0.3, -0.25) is 9.89 Å². The number of hydrogen-bond donors (Lipinski definition) is 2. The predicted octanol–water partition coefficient (Wildman–Crippen LogP) is 3.09. The third-order valence-electron chi connectivity index (χ3n) is 2.75. The molecule has 1 aromatic heterocycles. The number of carbonyl (C=O) groups is 1. The lowest BCUT2D eigenvalue weighted by atomic mass is 10.2. The van der Waals surface area contributed by atoms with Crippen molar-refractivity contribution in [2.45, 2.75) is 13.0 Å². The Kier molecular flexibility index (Phi) is 4.53. The molecule has 1 heterocycles. The third-order valence-corrected chi connectivity index (χ3v) is 3.04. The van der Waals surface area contributed by atoms with Crippen LogP contribution in [0.25, 0.3) is 6.08 Å². The Morgan fingerprint density at radius 2 is 2.35 bits per heavy atom. The van der Waals surface area contributed by atoms with Crippen molar-refractivity contribution >= 4 is 23.6 Å². The number of H-pyrrole nitrogens is 1. The molecule has 0 saturated carbocycles. The van der Waals surface area contributed by atoms with E-state index < -0.39 is 5.82 Å². The van der Waals surface area contributed by atoms with Gasteiger partial charge in [0.25, 0.3) is 0 Å². The monoisotopic (exact) mass is 293 g/mol. The molecule has 1 amide bonds. The van der Waals surface area contributed by atoms with Gasteiger partial charge in [0, 0.05) is 17.8 Å². The fraction of sp³-hybridized carbons (Fsp3) is 0.143. The Bertz CT molecular complexity index is 625. The number of carbonyl (C=O) groups excluding carboxylic acids is 1. The zero-order chi connectivity index (χ0) is 14.5. The highest BCUT2D eigenvalue weighted by Crippen LogP contribution is 2.17. The number of amides is 1. The first-order valence-electron chi connectivity index (χ1n) is 5.98. The zero-order valence-corrected chi connectivity index (χ0v) is 11.5. The van der Waals surface area contributed by atoms with Crippen molar-refractivity contribution in [2.75, 3.05) is 0 Å². The van der Waals surface area contributed by atoms with Crippen LogP contribution in [-0.2, 0) is 4.79 Å². The topological polar surface area (TPSA) is 57.8 Å². The van der Waals surface area contributed by atoms with Crippen LogP contribution < -0.4 is 5.32 Å². The summed E-state index contributed by atoms with van der Waals surface area (Å²) in [5.74, 6) is -0.735. The van der Waals surface area contributed by atoms with Gasteiger partial charge in [-0.15, -0.1) is 0 Å². The Morgan fingerprint density at radius 3 is 3.00 bits per heavy atom. The minimum Gasteiger partial charge on any atom is -0.346 e. The van der Waals surface area contributed by atoms with Gasteiger partial charge in [-0.2, -0.15) is 5.10 Å². The number of nitrogens with zero attached hydrogens (tertiary/aromatic N) is 1. The molecule has 2 N–H and O–H groups in total. The lowest BCUT2D eigenvalue weighted by Gasteiger charge is -2.09. The van der Waals surface area contributed by atoms with Crippen LogP contribution in [0.4, 0.5) is 4.39 Å². The van der Waals surface area contributed by atoms with Crippen molar-refractivity contribution < 1.29 is 9.18 Å². The molecule has 2 aromatic rings. The molecule has 0 spiro atoms. The van der Waals surface area contributed by atoms with E-state index in [-0.39, 0.29) is 17.0 Å². The van der Waals surface area contributed by atoms with Crippen molar-refractivity contribution in [1.29, 1.82) is 0 Å². The molecule has 0 aliphatic heterocycles. The van der Waals surface area contributed by atoms with Crippen LogP contribution in [0.3, 0.4) is 0 Å². The summed E-state index contributed by atoms with van der Waals surface area (Å²) in [7, 11) is 0. The van der Waals surface area contributed by atoms with Gasteiger partial charge in [0.1, 0.15) is 5.82 Å². The van der Waals surface area contributed by atoms with Gasteiger partial charge in [-0.25, -0.2) is 4.39 Å². The number of rotatable bonds is 4. The van der Waals surface area contributed by atoms with Gasteiger partial charge in [-0.1, -0.05) is 17.7 Å². The van der Waals surface area contributed by atoms with Gasteiger partial charge in [0.2, 0.25) is 5.91 Å². The first-order valence-corrected chi connectivity index (χ1v) is 6.36. The Hall–Kier alpha value is -2.14. The fourth-order valence-electron chi connectivity index (χ4n) is 1.63. The summed E-state index contributed by atoms with van der Waals surface area (Å²) in [5, 5.41) is 9.31. The van der Waals surface area contributed by atoms with Crippen LogP contribution in [0.15, 0.2) is 36.7 Å². The molecule has 6 heteroatoms. The van der Waals surface area contributed by atoms with E-state index >= 15 is 0 Å². The summed E-state index contributed by atoms with van der Waals surface area (Å²) in [5.41, 5.74) is 1.54. The standard InChI is InChI=1S/C14H13ClFN3O/c1-9(11-7-17-18-8-11)19-14(20)5-3-10-2-4-13(16)12(15)6-10/h2-9H,1H3,(H,17,18)(H,19,20)/b5-3+. The second-order valence-corrected chi connectivity index (χ2v) is 4.68. The van der Waals surface area contributed by atoms with E-state index in [1.807, 2.05) is 6.92 Å². The summed E-state index contributed by atoms with van der Waals surface area (Å²) in [6, 6.07) is 4.11. The van der Waals surface area contributed by atoms with Gasteiger partial charge in [0.05, 0.1) is 17.3 Å². The maximum Gasteiger partial charge on any atom is 0.244 e. The van der Waals surface area contributed by atoms with Crippen LogP contribution in [-0.4, -0.2) is 16.1 Å². The second-order valence-electron chi connectivity index (χ2n) is 4.27. The van der Waals surface area contributed by atoms with E-state index in [0.717, 1.165) is 5.56 Å². The van der Waals surface area contributed by atoms with E-state index in [1.165, 1.54) is 18.2 Å². The molecular formula is C14H13ClFN3O. The second kappa shape index (κ2) is 6.34. The number of halogens is 2. The predicted molar refractivity (Wildman–Crippen MR) is 75.6 cm³/mol. The highest BCUT2D eigenvalue weighted by atomic mass is 35.5. The summed E-state index contributed by atoms with van der Waals surface area (Å²) in [4.78, 5) is 11.7. The molecule has 0 aliphatic carbocycles. The summed E-state index contributed by atoms with van der Waals surface area (Å²) < 4.78 is 13.0. The van der Waals surface area contributed by atoms with E-state index in [9.17, 15) is 9.18 Å². The summed E-state index contributed by atoms with van der Waals surface area (Å²) in [6.45, 7) is 1.85. The van der Waals surface area contributed by atoms with Crippen LogP contribution in [0.1, 0.15) is 24.1 Å². The van der Waals surface area contributed by atoms with Crippen LogP contribution in [0, 0.1) is 5.82 Å². The molecular weight excluding hydrogens is 281 g/mol. The molecule has 0 saturated heterocycles. The van der Waals surface area contributed by atoms with Crippen LogP contribution in [0.2, 0.25) is 5.02 Å². The lowest BCUT2D eigenvalue weighted by molar-refractivity contribution is -0.117. The molecule has 0 fully saturated rings. The highest BCUT2D eigenvalue weighted by Gasteiger charge is 2.08.